The predicted molar refractivity (Wildman–Crippen MR) is 56.3 cm³/mol. The van der Waals surface area contributed by atoms with Crippen LogP contribution in [0.3, 0.4) is 0 Å². The fourth-order valence-corrected chi connectivity index (χ4v) is 1.40. The highest BCUT2D eigenvalue weighted by Gasteiger charge is 2.11. The normalized spacial score (nSPS) is 9.93. The lowest BCUT2D eigenvalue weighted by atomic mass is 10.2. The Kier molecular flexibility index (Phi) is 2.40. The Labute approximate surface area is 91.5 Å². The van der Waals surface area contributed by atoms with Gasteiger partial charge in [-0.3, -0.25) is 5.10 Å². The van der Waals surface area contributed by atoms with Crippen LogP contribution in [0.15, 0.2) is 18.2 Å². The van der Waals surface area contributed by atoms with Gasteiger partial charge < -0.3 is 0 Å². The number of H-pyrrole nitrogens is 1. The molecule has 1 N–H and O–H groups in total. The maximum absolute atomic E-state index is 8.71. The summed E-state index contributed by atoms with van der Waals surface area (Å²) in [6.07, 6.45) is 0. The molecule has 0 spiro atoms. The molecule has 4 nitrogen and oxygen atoms in total. The van der Waals surface area contributed by atoms with Gasteiger partial charge in [0.15, 0.2) is 0 Å². The average molecular weight is 219 g/mol. The summed E-state index contributed by atoms with van der Waals surface area (Å²) < 4.78 is 0. The van der Waals surface area contributed by atoms with Gasteiger partial charge in [-0.1, -0.05) is 17.7 Å². The van der Waals surface area contributed by atoms with Gasteiger partial charge in [0, 0.05) is 0 Å². The highest BCUT2D eigenvalue weighted by atomic mass is 35.5. The molecule has 0 unspecified atom stereocenters. The van der Waals surface area contributed by atoms with Crippen molar-refractivity contribution in [1.82, 2.24) is 15.2 Å². The van der Waals surface area contributed by atoms with Crippen LogP contribution in [0.25, 0.3) is 11.4 Å². The Morgan fingerprint density at radius 2 is 2.27 bits per heavy atom. The Morgan fingerprint density at radius 1 is 1.47 bits per heavy atom. The van der Waals surface area contributed by atoms with Crippen molar-refractivity contribution in [2.75, 3.05) is 0 Å². The number of hydrogen-bond acceptors (Lipinski definition) is 3. The molecule has 74 valence electrons. The molecule has 0 aliphatic carbocycles. The van der Waals surface area contributed by atoms with Crippen molar-refractivity contribution in [1.29, 1.82) is 5.26 Å². The van der Waals surface area contributed by atoms with Gasteiger partial charge in [-0.25, -0.2) is 4.98 Å². The van der Waals surface area contributed by atoms with Gasteiger partial charge in [0.1, 0.15) is 17.5 Å². The van der Waals surface area contributed by atoms with Crippen molar-refractivity contribution in [3.8, 4) is 17.5 Å². The van der Waals surface area contributed by atoms with Crippen molar-refractivity contribution in [3.05, 3.63) is 34.6 Å². The van der Waals surface area contributed by atoms with Crippen LogP contribution in [-0.2, 0) is 0 Å². The first kappa shape index (κ1) is 9.69. The lowest BCUT2D eigenvalue weighted by Gasteiger charge is -1.96. The molecule has 0 fully saturated rings. The van der Waals surface area contributed by atoms with Crippen LogP contribution >= 0.6 is 11.6 Å². The molecule has 0 bridgehead atoms. The number of halogens is 1. The summed E-state index contributed by atoms with van der Waals surface area (Å²) in [4.78, 5) is 4.11. The molecule has 2 heterocycles. The summed E-state index contributed by atoms with van der Waals surface area (Å²) in [6, 6.07) is 7.12. The minimum atomic E-state index is 0.351. The number of rotatable bonds is 1. The molecule has 0 radical (unpaired) electrons. The summed E-state index contributed by atoms with van der Waals surface area (Å²) in [5.74, 6) is 0. The summed E-state index contributed by atoms with van der Waals surface area (Å²) >= 11 is 6.02. The second kappa shape index (κ2) is 3.71. The third-order valence-electron chi connectivity index (χ3n) is 1.98. The molecule has 15 heavy (non-hydrogen) atoms. The van der Waals surface area contributed by atoms with Gasteiger partial charge in [0.25, 0.3) is 0 Å². The van der Waals surface area contributed by atoms with E-state index in [9.17, 15) is 0 Å². The second-order valence-electron chi connectivity index (χ2n) is 3.03. The smallest absolute Gasteiger partial charge is 0.141 e. The fraction of sp³-hybridized carbons (Fsp3) is 0.100. The number of hydrogen-bond donors (Lipinski definition) is 1. The van der Waals surface area contributed by atoms with E-state index in [0.29, 0.717) is 22.1 Å². The number of nitrogens with zero attached hydrogens (tertiary/aromatic N) is 3. The molecular weight excluding hydrogens is 212 g/mol. The van der Waals surface area contributed by atoms with E-state index in [0.717, 1.165) is 5.69 Å². The minimum absolute atomic E-state index is 0.351. The topological polar surface area (TPSA) is 65.4 Å². The molecule has 0 saturated heterocycles. The summed E-state index contributed by atoms with van der Waals surface area (Å²) in [6.45, 7) is 1.83. The van der Waals surface area contributed by atoms with Crippen molar-refractivity contribution in [2.24, 2.45) is 0 Å². The zero-order valence-corrected chi connectivity index (χ0v) is 8.71. The Balaban J connectivity index is 2.55. The Bertz CT molecular complexity index is 539. The summed E-state index contributed by atoms with van der Waals surface area (Å²) in [5.41, 5.74) is 2.31. The van der Waals surface area contributed by atoms with E-state index in [4.69, 9.17) is 16.9 Å². The van der Waals surface area contributed by atoms with Crippen LogP contribution < -0.4 is 0 Å². The van der Waals surface area contributed by atoms with Gasteiger partial charge in [0.05, 0.1) is 16.4 Å². The lowest BCUT2D eigenvalue weighted by Crippen LogP contribution is -1.87. The number of pyridine rings is 1. The van der Waals surface area contributed by atoms with Crippen LogP contribution in [0, 0.1) is 18.3 Å². The van der Waals surface area contributed by atoms with Gasteiger partial charge in [-0.2, -0.15) is 10.4 Å². The van der Waals surface area contributed by atoms with Crippen molar-refractivity contribution in [3.63, 3.8) is 0 Å². The number of aromatic nitrogens is 3. The fourth-order valence-electron chi connectivity index (χ4n) is 1.21. The van der Waals surface area contributed by atoms with E-state index in [2.05, 4.69) is 15.2 Å². The maximum atomic E-state index is 8.71. The third kappa shape index (κ3) is 1.69. The molecule has 2 aromatic heterocycles. The van der Waals surface area contributed by atoms with Crippen LogP contribution in [0.5, 0.6) is 0 Å². The number of nitriles is 1. The Morgan fingerprint density at radius 3 is 2.87 bits per heavy atom. The van der Waals surface area contributed by atoms with Crippen molar-refractivity contribution < 1.29 is 0 Å². The quantitative estimate of drug-likeness (QED) is 0.799. The van der Waals surface area contributed by atoms with E-state index in [-0.39, 0.29) is 0 Å². The van der Waals surface area contributed by atoms with Crippen molar-refractivity contribution in [2.45, 2.75) is 6.92 Å². The molecule has 5 heteroatoms. The zero-order chi connectivity index (χ0) is 10.8. The summed E-state index contributed by atoms with van der Waals surface area (Å²) in [7, 11) is 0. The molecule has 0 amide bonds. The van der Waals surface area contributed by atoms with Gasteiger partial charge in [-0.15, -0.1) is 0 Å². The van der Waals surface area contributed by atoms with E-state index >= 15 is 0 Å². The monoisotopic (exact) mass is 218 g/mol. The van der Waals surface area contributed by atoms with Crippen LogP contribution in [0.4, 0.5) is 0 Å². The second-order valence-corrected chi connectivity index (χ2v) is 3.41. The first-order chi connectivity index (χ1) is 7.22. The molecular formula is C10H7ClN4. The standard InChI is InChI=1S/C10H7ClN4/c1-6-9(11)10(15-14-6)8-4-2-3-7(5-12)13-8/h2-4H,1H3,(H,14,15). The van der Waals surface area contributed by atoms with Crippen LogP contribution in [-0.4, -0.2) is 15.2 Å². The molecule has 0 aromatic carbocycles. The number of aromatic amines is 1. The highest BCUT2D eigenvalue weighted by Crippen LogP contribution is 2.26. The molecule has 0 aliphatic heterocycles. The average Bonchev–Trinajstić information content (AvgIpc) is 2.60. The largest absolute Gasteiger partial charge is 0.281 e. The summed E-state index contributed by atoms with van der Waals surface area (Å²) in [5, 5.41) is 16.0. The Hall–Kier alpha value is -1.86. The van der Waals surface area contributed by atoms with E-state index in [1.807, 2.05) is 13.0 Å². The van der Waals surface area contributed by atoms with Gasteiger partial charge in [0.2, 0.25) is 0 Å². The molecule has 0 saturated carbocycles. The SMILES string of the molecule is Cc1[nH]nc(-c2cccc(C#N)n2)c1Cl. The van der Waals surface area contributed by atoms with E-state index < -0.39 is 0 Å². The number of aryl methyl sites for hydroxylation is 1. The van der Waals surface area contributed by atoms with E-state index in [1.54, 1.807) is 18.2 Å². The van der Waals surface area contributed by atoms with Gasteiger partial charge >= 0.3 is 0 Å². The van der Waals surface area contributed by atoms with Crippen molar-refractivity contribution >= 4 is 11.6 Å². The molecule has 0 atom stereocenters. The molecule has 0 aliphatic rings. The van der Waals surface area contributed by atoms with Crippen LogP contribution in [0.2, 0.25) is 5.02 Å². The molecule has 2 aromatic rings. The zero-order valence-electron chi connectivity index (χ0n) is 7.95. The van der Waals surface area contributed by atoms with Crippen LogP contribution in [0.1, 0.15) is 11.4 Å². The first-order valence-corrected chi connectivity index (χ1v) is 4.68. The highest BCUT2D eigenvalue weighted by molar-refractivity contribution is 6.33. The third-order valence-corrected chi connectivity index (χ3v) is 2.44. The maximum Gasteiger partial charge on any atom is 0.141 e. The predicted octanol–water partition coefficient (Wildman–Crippen LogP) is 2.31. The number of nitrogens with one attached hydrogen (secondary N) is 1. The van der Waals surface area contributed by atoms with Gasteiger partial charge in [-0.05, 0) is 19.1 Å². The first-order valence-electron chi connectivity index (χ1n) is 4.30. The lowest BCUT2D eigenvalue weighted by molar-refractivity contribution is 1.04. The molecule has 2 rings (SSSR count). The van der Waals surface area contributed by atoms with E-state index in [1.165, 1.54) is 0 Å². The minimum Gasteiger partial charge on any atom is -0.281 e.